The van der Waals surface area contributed by atoms with Crippen LogP contribution in [0.4, 0.5) is 5.95 Å². The molecule has 2 saturated carbocycles. The lowest BCUT2D eigenvalue weighted by atomic mass is 9.77. The lowest BCUT2D eigenvalue weighted by molar-refractivity contribution is -0.122. The Balaban J connectivity index is 1.27. The molecule has 0 spiro atoms. The molecular formula is C22H28N4O3. The van der Waals surface area contributed by atoms with E-state index in [1.54, 1.807) is 6.92 Å². The Kier molecular flexibility index (Phi) is 4.99. The Morgan fingerprint density at radius 1 is 1.21 bits per heavy atom. The Morgan fingerprint density at radius 2 is 1.97 bits per heavy atom. The predicted octanol–water partition coefficient (Wildman–Crippen LogP) is 2.88. The number of carbonyl (C=O) groups excluding carboxylic acids is 1. The number of ether oxygens (including phenoxy) is 1. The quantitative estimate of drug-likeness (QED) is 0.809. The van der Waals surface area contributed by atoms with Crippen LogP contribution in [0, 0.1) is 17.8 Å². The second-order valence-corrected chi connectivity index (χ2v) is 8.78. The molecular weight excluding hydrogens is 368 g/mol. The number of anilines is 1. The minimum Gasteiger partial charge on any atom is -0.376 e. The van der Waals surface area contributed by atoms with Crippen molar-refractivity contribution in [3.8, 4) is 11.5 Å². The highest BCUT2D eigenvalue weighted by atomic mass is 16.5. The summed E-state index contributed by atoms with van der Waals surface area (Å²) >= 11 is 0. The van der Waals surface area contributed by atoms with Crippen molar-refractivity contribution in [3.63, 3.8) is 0 Å². The van der Waals surface area contributed by atoms with E-state index in [4.69, 9.17) is 9.26 Å². The van der Waals surface area contributed by atoms with Crippen molar-refractivity contribution >= 4 is 11.9 Å². The first-order chi connectivity index (χ1) is 14.2. The molecule has 154 valence electrons. The number of aromatic nitrogens is 2. The fourth-order valence-corrected chi connectivity index (χ4v) is 4.76. The number of amides is 1. The Bertz CT molecular complexity index is 851. The molecule has 5 rings (SSSR count). The van der Waals surface area contributed by atoms with E-state index >= 15 is 0 Å². The van der Waals surface area contributed by atoms with Crippen LogP contribution in [0.25, 0.3) is 11.5 Å². The zero-order valence-corrected chi connectivity index (χ0v) is 16.8. The van der Waals surface area contributed by atoms with Crippen molar-refractivity contribution in [1.29, 1.82) is 0 Å². The van der Waals surface area contributed by atoms with Crippen molar-refractivity contribution in [2.45, 2.75) is 44.8 Å². The van der Waals surface area contributed by atoms with E-state index in [1.165, 1.54) is 12.8 Å². The summed E-state index contributed by atoms with van der Waals surface area (Å²) in [5, 5.41) is 7.36. The third kappa shape index (κ3) is 4.15. The molecule has 1 N–H and O–H groups in total. The lowest BCUT2D eigenvalue weighted by Crippen LogP contribution is -2.50. The van der Waals surface area contributed by atoms with Gasteiger partial charge < -0.3 is 19.5 Å². The van der Waals surface area contributed by atoms with Crippen LogP contribution in [0.5, 0.6) is 0 Å². The van der Waals surface area contributed by atoms with E-state index in [9.17, 15) is 4.79 Å². The Labute approximate surface area is 170 Å². The fourth-order valence-electron chi connectivity index (χ4n) is 4.76. The minimum atomic E-state index is 0.0222. The first-order valence-electron chi connectivity index (χ1n) is 10.7. The smallest absolute Gasteiger partial charge is 0.266 e. The Morgan fingerprint density at radius 3 is 2.69 bits per heavy atom. The van der Waals surface area contributed by atoms with Crippen LogP contribution >= 0.6 is 0 Å². The molecule has 2 aromatic rings. The van der Waals surface area contributed by atoms with Gasteiger partial charge in [0.25, 0.3) is 11.8 Å². The Hall–Kier alpha value is -2.41. The van der Waals surface area contributed by atoms with Gasteiger partial charge in [-0.25, -0.2) is 0 Å². The highest BCUT2D eigenvalue weighted by Crippen LogP contribution is 2.40. The summed E-state index contributed by atoms with van der Waals surface area (Å²) in [6.07, 6.45) is 4.57. The number of benzene rings is 1. The number of nitrogens with one attached hydrogen (secondary N) is 1. The van der Waals surface area contributed by atoms with Crippen LogP contribution in [0.1, 0.15) is 32.6 Å². The molecule has 3 aliphatic rings. The van der Waals surface area contributed by atoms with Crippen LogP contribution < -0.4 is 10.2 Å². The molecule has 3 fully saturated rings. The summed E-state index contributed by atoms with van der Waals surface area (Å²) < 4.78 is 11.7. The highest BCUT2D eigenvalue weighted by Gasteiger charge is 2.44. The zero-order valence-electron chi connectivity index (χ0n) is 16.8. The van der Waals surface area contributed by atoms with Crippen molar-refractivity contribution in [2.75, 3.05) is 24.6 Å². The van der Waals surface area contributed by atoms with Gasteiger partial charge in [-0.1, -0.05) is 18.2 Å². The van der Waals surface area contributed by atoms with Gasteiger partial charge in [0.1, 0.15) is 0 Å². The predicted molar refractivity (Wildman–Crippen MR) is 108 cm³/mol. The molecule has 7 nitrogen and oxygen atoms in total. The average molecular weight is 396 g/mol. The number of hydrogen-bond acceptors (Lipinski definition) is 6. The summed E-state index contributed by atoms with van der Waals surface area (Å²) in [5.41, 5.74) is 0.933. The standard InChI is InChI=1S/C22H28N4O3/c1-14(27)23-19-9-17-11-26(12-18(17)10-20(19)28-13-15-7-8-15)22-24-21(29-25-22)16-5-3-2-4-6-16/h2-6,15,17-20H,7-13H2,1H3,(H,23,27)/t17-,18+,19-,20-/m1/s1. The van der Waals surface area contributed by atoms with Gasteiger partial charge in [0.2, 0.25) is 5.91 Å². The van der Waals surface area contributed by atoms with E-state index in [-0.39, 0.29) is 18.1 Å². The van der Waals surface area contributed by atoms with Crippen molar-refractivity contribution < 1.29 is 14.1 Å². The second kappa shape index (κ2) is 7.78. The summed E-state index contributed by atoms with van der Waals surface area (Å²) in [7, 11) is 0. The molecule has 2 heterocycles. The number of nitrogens with zero attached hydrogens (tertiary/aromatic N) is 3. The molecule has 1 aromatic carbocycles. The maximum atomic E-state index is 11.7. The van der Waals surface area contributed by atoms with Crippen molar-refractivity contribution in [3.05, 3.63) is 30.3 Å². The first-order valence-corrected chi connectivity index (χ1v) is 10.7. The molecule has 2 aliphatic carbocycles. The first kappa shape index (κ1) is 18.6. The lowest BCUT2D eigenvalue weighted by Gasteiger charge is -2.38. The highest BCUT2D eigenvalue weighted by molar-refractivity contribution is 5.73. The summed E-state index contributed by atoms with van der Waals surface area (Å²) in [6.45, 7) is 4.22. The van der Waals surface area contributed by atoms with E-state index in [1.807, 2.05) is 30.3 Å². The van der Waals surface area contributed by atoms with Crippen LogP contribution in [-0.4, -0.2) is 47.9 Å². The molecule has 1 aromatic heterocycles. The summed E-state index contributed by atoms with van der Waals surface area (Å²) in [6, 6.07) is 9.94. The maximum Gasteiger partial charge on any atom is 0.266 e. The van der Waals surface area contributed by atoms with E-state index in [0.717, 1.165) is 44.0 Å². The largest absolute Gasteiger partial charge is 0.376 e. The van der Waals surface area contributed by atoms with Gasteiger partial charge >= 0.3 is 0 Å². The van der Waals surface area contributed by atoms with E-state index in [2.05, 4.69) is 20.4 Å². The van der Waals surface area contributed by atoms with Crippen molar-refractivity contribution in [1.82, 2.24) is 15.5 Å². The molecule has 7 heteroatoms. The van der Waals surface area contributed by atoms with Crippen molar-refractivity contribution in [2.24, 2.45) is 17.8 Å². The van der Waals surface area contributed by atoms with Gasteiger partial charge in [0, 0.05) is 32.2 Å². The third-order valence-electron chi connectivity index (χ3n) is 6.47. The van der Waals surface area contributed by atoms with E-state index in [0.29, 0.717) is 23.7 Å². The molecule has 0 bridgehead atoms. The number of rotatable bonds is 6. The molecule has 0 unspecified atom stereocenters. The molecule has 0 radical (unpaired) electrons. The number of fused-ring (bicyclic) bond motifs is 1. The van der Waals surface area contributed by atoms with E-state index < -0.39 is 0 Å². The second-order valence-electron chi connectivity index (χ2n) is 8.78. The monoisotopic (exact) mass is 396 g/mol. The normalized spacial score (nSPS) is 28.9. The van der Waals surface area contributed by atoms with Gasteiger partial charge in [-0.15, -0.1) is 0 Å². The van der Waals surface area contributed by atoms with Crippen LogP contribution in [0.3, 0.4) is 0 Å². The summed E-state index contributed by atoms with van der Waals surface area (Å²) in [4.78, 5) is 18.6. The topological polar surface area (TPSA) is 80.5 Å². The van der Waals surface area contributed by atoms with Crippen LogP contribution in [-0.2, 0) is 9.53 Å². The van der Waals surface area contributed by atoms with Gasteiger partial charge in [0.05, 0.1) is 12.1 Å². The molecule has 1 amide bonds. The maximum absolute atomic E-state index is 11.7. The fraction of sp³-hybridized carbons (Fsp3) is 0.591. The van der Waals surface area contributed by atoms with Gasteiger partial charge in [-0.05, 0) is 60.7 Å². The van der Waals surface area contributed by atoms with Crippen LogP contribution in [0.15, 0.2) is 34.9 Å². The zero-order chi connectivity index (χ0) is 19.8. The average Bonchev–Trinajstić information content (AvgIpc) is 3.25. The third-order valence-corrected chi connectivity index (χ3v) is 6.47. The van der Waals surface area contributed by atoms with Gasteiger partial charge in [-0.2, -0.15) is 4.98 Å². The molecule has 1 saturated heterocycles. The minimum absolute atomic E-state index is 0.0222. The molecule has 29 heavy (non-hydrogen) atoms. The summed E-state index contributed by atoms with van der Waals surface area (Å²) in [5.74, 6) is 2.99. The number of hydrogen-bond donors (Lipinski definition) is 1. The van der Waals surface area contributed by atoms with Crippen LogP contribution in [0.2, 0.25) is 0 Å². The molecule has 4 atom stereocenters. The van der Waals surface area contributed by atoms with Gasteiger partial charge in [0.15, 0.2) is 0 Å². The molecule has 1 aliphatic heterocycles. The SMILES string of the molecule is CC(=O)N[C@@H]1C[C@@H]2CN(c3noc(-c4ccccc4)n3)C[C@@H]2C[C@H]1OCC1CC1. The van der Waals surface area contributed by atoms with Gasteiger partial charge in [-0.3, -0.25) is 4.79 Å². The number of carbonyl (C=O) groups is 1.